The molecule has 3 heterocycles. The van der Waals surface area contributed by atoms with E-state index in [0.29, 0.717) is 51.8 Å². The van der Waals surface area contributed by atoms with Gasteiger partial charge in [-0.3, -0.25) is 0 Å². The van der Waals surface area contributed by atoms with E-state index in [9.17, 15) is 0 Å². The van der Waals surface area contributed by atoms with E-state index in [0.717, 1.165) is 33.4 Å². The van der Waals surface area contributed by atoms with Gasteiger partial charge in [0.2, 0.25) is 17.5 Å². The lowest BCUT2D eigenvalue weighted by Crippen LogP contribution is -1.88. The highest BCUT2D eigenvalue weighted by molar-refractivity contribution is 5.75. The Balaban J connectivity index is 1.31. The second kappa shape index (κ2) is 10.4. The van der Waals surface area contributed by atoms with Crippen molar-refractivity contribution < 1.29 is 13.6 Å². The summed E-state index contributed by atoms with van der Waals surface area (Å²) in [5, 5.41) is 12.6. The minimum atomic E-state index is 0.324. The fourth-order valence-electron chi connectivity index (χ4n) is 4.48. The van der Waals surface area contributed by atoms with E-state index in [1.807, 2.05) is 112 Å². The van der Waals surface area contributed by atoms with E-state index in [1.165, 1.54) is 0 Å². The zero-order valence-corrected chi connectivity index (χ0v) is 23.1. The quantitative estimate of drug-likeness (QED) is 0.204. The zero-order chi connectivity index (χ0) is 28.6. The molecule has 0 saturated carbocycles. The first-order valence-corrected chi connectivity index (χ1v) is 13.4. The standard InChI is InChI=1S/C33H24N6O3/c1-19-4-10-22(11-5-19)28-34-31(40-37-28)25-16-26(32-35-29(38-41-32)23-12-6-20(2)7-13-23)18-27(17-25)33-36-30(39-42-33)24-14-8-21(3)9-15-24/h4-18H,1-3H3. The van der Waals surface area contributed by atoms with Crippen molar-refractivity contribution >= 4 is 0 Å². The molecule has 0 saturated heterocycles. The SMILES string of the molecule is Cc1ccc(-c2noc(-c3cc(-c4nc(-c5ccc(C)cc5)no4)cc(-c4nc(-c5ccc(C)cc5)no4)c3)n2)cc1. The minimum Gasteiger partial charge on any atom is -0.334 e. The number of hydrogen-bond donors (Lipinski definition) is 0. The molecular weight excluding hydrogens is 528 g/mol. The molecule has 7 aromatic rings. The van der Waals surface area contributed by atoms with Crippen LogP contribution < -0.4 is 0 Å². The molecule has 9 heteroatoms. The van der Waals surface area contributed by atoms with Gasteiger partial charge >= 0.3 is 0 Å². The molecule has 42 heavy (non-hydrogen) atoms. The molecule has 0 radical (unpaired) electrons. The fourth-order valence-corrected chi connectivity index (χ4v) is 4.48. The summed E-state index contributed by atoms with van der Waals surface area (Å²) in [6.45, 7) is 6.09. The molecule has 0 aliphatic carbocycles. The van der Waals surface area contributed by atoms with Crippen LogP contribution in [-0.2, 0) is 0 Å². The zero-order valence-electron chi connectivity index (χ0n) is 23.1. The molecule has 3 aromatic heterocycles. The van der Waals surface area contributed by atoms with Crippen molar-refractivity contribution in [2.75, 3.05) is 0 Å². The van der Waals surface area contributed by atoms with Crippen molar-refractivity contribution in [3.63, 3.8) is 0 Å². The largest absolute Gasteiger partial charge is 0.334 e. The third kappa shape index (κ3) is 4.99. The first kappa shape index (κ1) is 25.3. The van der Waals surface area contributed by atoms with Gasteiger partial charge in [0.05, 0.1) is 0 Å². The summed E-state index contributed by atoms with van der Waals surface area (Å²) < 4.78 is 17.1. The molecule has 0 amide bonds. The number of rotatable bonds is 6. The summed E-state index contributed by atoms with van der Waals surface area (Å²) in [6, 6.07) is 29.4. The van der Waals surface area contributed by atoms with Crippen LogP contribution in [0.4, 0.5) is 0 Å². The van der Waals surface area contributed by atoms with Crippen LogP contribution in [0.5, 0.6) is 0 Å². The minimum absolute atomic E-state index is 0.324. The van der Waals surface area contributed by atoms with Gasteiger partial charge in [0, 0.05) is 33.4 Å². The number of aromatic nitrogens is 6. The van der Waals surface area contributed by atoms with Crippen molar-refractivity contribution in [2.45, 2.75) is 20.8 Å². The monoisotopic (exact) mass is 552 g/mol. The summed E-state index contributed by atoms with van der Waals surface area (Å²) in [5.74, 6) is 2.42. The van der Waals surface area contributed by atoms with Crippen molar-refractivity contribution in [2.24, 2.45) is 0 Å². The molecule has 0 unspecified atom stereocenters. The topological polar surface area (TPSA) is 117 Å². The number of benzene rings is 4. The Morgan fingerprint density at radius 2 is 0.619 bits per heavy atom. The molecular formula is C33H24N6O3. The molecule has 0 atom stereocenters. The van der Waals surface area contributed by atoms with Crippen LogP contribution in [0.15, 0.2) is 105 Å². The predicted molar refractivity (Wildman–Crippen MR) is 157 cm³/mol. The second-order valence-electron chi connectivity index (χ2n) is 10.2. The molecule has 0 aliphatic heterocycles. The van der Waals surface area contributed by atoms with E-state index in [4.69, 9.17) is 13.6 Å². The molecule has 0 bridgehead atoms. The maximum absolute atomic E-state index is 5.69. The maximum Gasteiger partial charge on any atom is 0.258 e. The number of hydrogen-bond acceptors (Lipinski definition) is 9. The first-order valence-electron chi connectivity index (χ1n) is 13.4. The molecule has 0 spiro atoms. The smallest absolute Gasteiger partial charge is 0.258 e. The molecule has 0 fully saturated rings. The summed E-state index contributed by atoms with van der Waals surface area (Å²) in [6.07, 6.45) is 0. The summed E-state index contributed by atoms with van der Waals surface area (Å²) in [5.41, 5.74) is 7.91. The Bertz CT molecular complexity index is 1760. The molecule has 204 valence electrons. The van der Waals surface area contributed by atoms with E-state index >= 15 is 0 Å². The van der Waals surface area contributed by atoms with Crippen LogP contribution >= 0.6 is 0 Å². The third-order valence-corrected chi connectivity index (χ3v) is 6.88. The summed E-state index contributed by atoms with van der Waals surface area (Å²) in [7, 11) is 0. The highest BCUT2D eigenvalue weighted by atomic mass is 16.5. The van der Waals surface area contributed by atoms with Crippen LogP contribution in [0.1, 0.15) is 16.7 Å². The predicted octanol–water partition coefficient (Wildman–Crippen LogP) is 7.76. The lowest BCUT2D eigenvalue weighted by molar-refractivity contribution is 0.429. The lowest BCUT2D eigenvalue weighted by Gasteiger charge is -2.02. The fraction of sp³-hybridized carbons (Fsp3) is 0.0909. The van der Waals surface area contributed by atoms with Gasteiger partial charge < -0.3 is 13.6 Å². The van der Waals surface area contributed by atoms with Crippen molar-refractivity contribution in [3.8, 4) is 68.5 Å². The van der Waals surface area contributed by atoms with Crippen LogP contribution in [0, 0.1) is 20.8 Å². The molecule has 4 aromatic carbocycles. The van der Waals surface area contributed by atoms with Gasteiger partial charge in [-0.1, -0.05) is 105 Å². The molecule has 7 rings (SSSR count). The average molecular weight is 553 g/mol. The summed E-state index contributed by atoms with van der Waals surface area (Å²) in [4.78, 5) is 14.0. The number of aryl methyl sites for hydroxylation is 3. The van der Waals surface area contributed by atoms with Gasteiger partial charge in [-0.2, -0.15) is 15.0 Å². The van der Waals surface area contributed by atoms with Crippen molar-refractivity contribution in [3.05, 3.63) is 108 Å². The molecule has 0 aliphatic rings. The summed E-state index contributed by atoms with van der Waals surface area (Å²) >= 11 is 0. The van der Waals surface area contributed by atoms with Gasteiger partial charge in [-0.05, 0) is 39.0 Å². The van der Waals surface area contributed by atoms with E-state index < -0.39 is 0 Å². The van der Waals surface area contributed by atoms with Crippen LogP contribution in [0.25, 0.3) is 68.5 Å². The highest BCUT2D eigenvalue weighted by Gasteiger charge is 2.20. The van der Waals surface area contributed by atoms with Crippen molar-refractivity contribution in [1.82, 2.24) is 30.4 Å². The van der Waals surface area contributed by atoms with Crippen LogP contribution in [-0.4, -0.2) is 30.4 Å². The molecule has 0 N–H and O–H groups in total. The van der Waals surface area contributed by atoms with Gasteiger partial charge in [-0.15, -0.1) is 0 Å². The Kier molecular flexibility index (Phi) is 6.24. The Hall–Kier alpha value is -5.70. The van der Waals surface area contributed by atoms with Crippen LogP contribution in [0.3, 0.4) is 0 Å². The Labute approximate surface area is 240 Å². The normalized spacial score (nSPS) is 11.2. The highest BCUT2D eigenvalue weighted by Crippen LogP contribution is 2.33. The van der Waals surface area contributed by atoms with Gasteiger partial charge in [-0.25, -0.2) is 0 Å². The number of nitrogens with zero attached hydrogens (tertiary/aromatic N) is 6. The Morgan fingerprint density at radius 1 is 0.357 bits per heavy atom. The first-order chi connectivity index (χ1) is 20.5. The van der Waals surface area contributed by atoms with E-state index in [1.54, 1.807) is 0 Å². The van der Waals surface area contributed by atoms with Gasteiger partial charge in [0.15, 0.2) is 0 Å². The van der Waals surface area contributed by atoms with Crippen LogP contribution in [0.2, 0.25) is 0 Å². The average Bonchev–Trinajstić information content (AvgIpc) is 3.80. The second-order valence-corrected chi connectivity index (χ2v) is 10.2. The van der Waals surface area contributed by atoms with E-state index in [2.05, 4.69) is 30.4 Å². The Morgan fingerprint density at radius 3 is 0.881 bits per heavy atom. The maximum atomic E-state index is 5.69. The molecule has 9 nitrogen and oxygen atoms in total. The lowest BCUT2D eigenvalue weighted by atomic mass is 10.0. The van der Waals surface area contributed by atoms with E-state index in [-0.39, 0.29) is 0 Å². The van der Waals surface area contributed by atoms with Crippen molar-refractivity contribution in [1.29, 1.82) is 0 Å². The van der Waals surface area contributed by atoms with Gasteiger partial charge in [0.25, 0.3) is 17.7 Å². The third-order valence-electron chi connectivity index (χ3n) is 6.88. The van der Waals surface area contributed by atoms with Gasteiger partial charge in [0.1, 0.15) is 0 Å².